The maximum Gasteiger partial charge on any atom is 0.329 e. The van der Waals surface area contributed by atoms with E-state index in [4.69, 9.17) is 16.0 Å². The van der Waals surface area contributed by atoms with Crippen LogP contribution in [0.3, 0.4) is 0 Å². The second kappa shape index (κ2) is 11.8. The van der Waals surface area contributed by atoms with Crippen molar-refractivity contribution in [2.75, 3.05) is 6.54 Å². The quantitative estimate of drug-likeness (QED) is 0.174. The van der Waals surface area contributed by atoms with Crippen LogP contribution in [0.25, 0.3) is 10.4 Å². The van der Waals surface area contributed by atoms with E-state index < -0.39 is 23.6 Å². The summed E-state index contributed by atoms with van der Waals surface area (Å²) in [5.41, 5.74) is 14.6. The number of amides is 2. The monoisotopic (exact) mass is 391 g/mol. The number of nitrogens with two attached hydrogens (primary N) is 1. The first-order valence-corrected chi connectivity index (χ1v) is 9.15. The molecule has 0 saturated carbocycles. The molecule has 1 atom stereocenters. The van der Waals surface area contributed by atoms with Crippen molar-refractivity contribution in [3.8, 4) is 0 Å². The van der Waals surface area contributed by atoms with E-state index in [1.807, 2.05) is 6.07 Å². The summed E-state index contributed by atoms with van der Waals surface area (Å²) in [4.78, 5) is 30.3. The predicted octanol–water partition coefficient (Wildman–Crippen LogP) is 2.53. The van der Waals surface area contributed by atoms with E-state index in [9.17, 15) is 9.59 Å². The van der Waals surface area contributed by atoms with Crippen LogP contribution in [0.1, 0.15) is 51.3 Å². The zero-order chi connectivity index (χ0) is 21.0. The first kappa shape index (κ1) is 23.2. The van der Waals surface area contributed by atoms with Crippen LogP contribution in [0, 0.1) is 0 Å². The van der Waals surface area contributed by atoms with Crippen molar-refractivity contribution >= 4 is 12.0 Å². The smallest absolute Gasteiger partial charge is 0.329 e. The number of nitrogens with zero attached hydrogens (tertiary/aromatic N) is 4. The third-order valence-corrected chi connectivity index (χ3v) is 3.61. The second-order valence-electron chi connectivity index (χ2n) is 7.31. The number of ether oxygens (including phenoxy) is 1. The molecular formula is C18H29N7O3. The molecule has 28 heavy (non-hydrogen) atoms. The number of rotatable bonds is 11. The molecule has 0 aliphatic rings. The van der Waals surface area contributed by atoms with E-state index in [-0.39, 0.29) is 0 Å². The van der Waals surface area contributed by atoms with Gasteiger partial charge in [0.1, 0.15) is 11.6 Å². The Labute approximate surface area is 164 Å². The van der Waals surface area contributed by atoms with Gasteiger partial charge in [-0.05, 0) is 69.8 Å². The topological polar surface area (TPSA) is 155 Å². The molecular weight excluding hydrogens is 362 g/mol. The number of nitrogens with one attached hydrogen (secondary N) is 2. The third-order valence-electron chi connectivity index (χ3n) is 3.61. The Morgan fingerprint density at radius 2 is 2.14 bits per heavy atom. The van der Waals surface area contributed by atoms with E-state index in [2.05, 4.69) is 25.6 Å². The van der Waals surface area contributed by atoms with Crippen LogP contribution in [0.2, 0.25) is 0 Å². The molecule has 4 N–H and O–H groups in total. The average molecular weight is 391 g/mol. The number of primary amides is 1. The summed E-state index contributed by atoms with van der Waals surface area (Å²) in [7, 11) is 0. The van der Waals surface area contributed by atoms with Gasteiger partial charge in [-0.3, -0.25) is 4.98 Å². The highest BCUT2D eigenvalue weighted by atomic mass is 16.6. The Morgan fingerprint density at radius 3 is 2.79 bits per heavy atom. The standard InChI is InChI=1S/C18H29N7O3/c1-18(2,3)28-16(26)15(24-17(19)27)6-4-5-8-21-12-14-10-13(7-9-22-14)11-23-25-20/h7,9-10,15,21H,4-6,8,11-12H2,1-3H3,(H3,19,24,27)/t15-/m0/s1. The van der Waals surface area contributed by atoms with Crippen LogP contribution in [0.15, 0.2) is 23.4 Å². The van der Waals surface area contributed by atoms with Gasteiger partial charge in [0.2, 0.25) is 0 Å². The van der Waals surface area contributed by atoms with Gasteiger partial charge in [0.15, 0.2) is 0 Å². The van der Waals surface area contributed by atoms with Crippen molar-refractivity contribution in [2.45, 2.75) is 64.8 Å². The van der Waals surface area contributed by atoms with Crippen LogP contribution in [-0.2, 0) is 22.6 Å². The molecule has 0 radical (unpaired) electrons. The van der Waals surface area contributed by atoms with Crippen molar-refractivity contribution in [3.63, 3.8) is 0 Å². The molecule has 0 spiro atoms. The molecule has 0 bridgehead atoms. The highest BCUT2D eigenvalue weighted by Gasteiger charge is 2.25. The molecule has 1 aromatic rings. The lowest BCUT2D eigenvalue weighted by Gasteiger charge is -2.24. The second-order valence-corrected chi connectivity index (χ2v) is 7.31. The van der Waals surface area contributed by atoms with Gasteiger partial charge in [0.25, 0.3) is 0 Å². The summed E-state index contributed by atoms with van der Waals surface area (Å²) in [5.74, 6) is -0.486. The SMILES string of the molecule is CC(C)(C)OC(=O)[C@H](CCCCNCc1cc(CN=[N+]=[N-])ccn1)NC(N)=O. The zero-order valence-electron chi connectivity index (χ0n) is 16.6. The number of urea groups is 1. The van der Waals surface area contributed by atoms with Gasteiger partial charge >= 0.3 is 12.0 Å². The van der Waals surface area contributed by atoms with Crippen molar-refractivity contribution in [3.05, 3.63) is 40.0 Å². The van der Waals surface area contributed by atoms with Gasteiger partial charge in [0, 0.05) is 17.7 Å². The number of unbranched alkanes of at least 4 members (excludes halogenated alkanes) is 1. The molecule has 1 rings (SSSR count). The first-order valence-electron chi connectivity index (χ1n) is 9.15. The Morgan fingerprint density at radius 1 is 1.39 bits per heavy atom. The van der Waals surface area contributed by atoms with Crippen molar-refractivity contribution < 1.29 is 14.3 Å². The summed E-state index contributed by atoms with van der Waals surface area (Å²) in [6, 6.07) is 2.19. The Balaban J connectivity index is 2.36. The minimum absolute atomic E-state index is 0.297. The van der Waals surface area contributed by atoms with Gasteiger partial charge in [-0.1, -0.05) is 5.11 Å². The summed E-state index contributed by atoms with van der Waals surface area (Å²) < 4.78 is 5.31. The van der Waals surface area contributed by atoms with E-state index in [0.717, 1.165) is 24.2 Å². The normalized spacial score (nSPS) is 12.0. The fraction of sp³-hybridized carbons (Fsp3) is 0.611. The molecule has 2 amide bonds. The Kier molecular flexibility index (Phi) is 9.76. The van der Waals surface area contributed by atoms with Crippen molar-refractivity contribution in [2.24, 2.45) is 10.8 Å². The van der Waals surface area contributed by atoms with Crippen LogP contribution < -0.4 is 16.4 Å². The molecule has 1 heterocycles. The predicted molar refractivity (Wildman–Crippen MR) is 105 cm³/mol. The minimum atomic E-state index is -0.754. The number of pyridine rings is 1. The Hall–Kier alpha value is -2.84. The number of azide groups is 1. The van der Waals surface area contributed by atoms with Crippen molar-refractivity contribution in [1.29, 1.82) is 0 Å². The zero-order valence-corrected chi connectivity index (χ0v) is 16.6. The van der Waals surface area contributed by atoms with Crippen LogP contribution >= 0.6 is 0 Å². The molecule has 0 aliphatic carbocycles. The molecule has 10 heteroatoms. The minimum Gasteiger partial charge on any atom is -0.458 e. The first-order chi connectivity index (χ1) is 13.2. The molecule has 10 nitrogen and oxygen atoms in total. The molecule has 0 aliphatic heterocycles. The summed E-state index contributed by atoms with van der Waals surface area (Å²) in [5, 5.41) is 9.25. The van der Waals surface area contributed by atoms with E-state index in [1.165, 1.54) is 0 Å². The molecule has 1 aromatic heterocycles. The van der Waals surface area contributed by atoms with E-state index in [0.29, 0.717) is 25.9 Å². The molecule has 154 valence electrons. The fourth-order valence-corrected chi connectivity index (χ4v) is 2.44. The van der Waals surface area contributed by atoms with Gasteiger partial charge < -0.3 is 21.1 Å². The maximum absolute atomic E-state index is 12.2. The van der Waals surface area contributed by atoms with E-state index in [1.54, 1.807) is 33.0 Å². The number of carbonyl (C=O) groups excluding carboxylic acids is 2. The number of aromatic nitrogens is 1. The van der Waals surface area contributed by atoms with Gasteiger partial charge in [-0.2, -0.15) is 0 Å². The lowest BCUT2D eigenvalue weighted by molar-refractivity contribution is -0.157. The molecule has 0 aromatic carbocycles. The van der Waals surface area contributed by atoms with E-state index >= 15 is 0 Å². The van der Waals surface area contributed by atoms with Crippen LogP contribution in [0.4, 0.5) is 4.79 Å². The maximum atomic E-state index is 12.2. The van der Waals surface area contributed by atoms with Gasteiger partial charge in [-0.25, -0.2) is 9.59 Å². The molecule has 0 unspecified atom stereocenters. The average Bonchev–Trinajstić information content (AvgIpc) is 2.60. The molecule has 0 fully saturated rings. The summed E-state index contributed by atoms with van der Waals surface area (Å²) in [6.45, 7) is 6.91. The lowest BCUT2D eigenvalue weighted by Crippen LogP contribution is -2.46. The number of hydrogen-bond acceptors (Lipinski definition) is 6. The summed E-state index contributed by atoms with van der Waals surface area (Å²) in [6.07, 6.45) is 3.64. The number of carbonyl (C=O) groups is 2. The third kappa shape index (κ3) is 10.3. The highest BCUT2D eigenvalue weighted by Crippen LogP contribution is 2.11. The Bertz CT molecular complexity index is 697. The van der Waals surface area contributed by atoms with Crippen LogP contribution in [0.5, 0.6) is 0 Å². The van der Waals surface area contributed by atoms with Crippen molar-refractivity contribution in [1.82, 2.24) is 15.6 Å². The summed E-state index contributed by atoms with van der Waals surface area (Å²) >= 11 is 0. The van der Waals surface area contributed by atoms with Gasteiger partial charge in [-0.15, -0.1) is 0 Å². The van der Waals surface area contributed by atoms with Gasteiger partial charge in [0.05, 0.1) is 12.2 Å². The number of esters is 1. The molecule has 0 saturated heterocycles. The largest absolute Gasteiger partial charge is 0.458 e. The van der Waals surface area contributed by atoms with Crippen LogP contribution in [-0.4, -0.2) is 35.2 Å². The fourth-order valence-electron chi connectivity index (χ4n) is 2.44. The lowest BCUT2D eigenvalue weighted by atomic mass is 10.1. The number of hydrogen-bond donors (Lipinski definition) is 3. The highest BCUT2D eigenvalue weighted by molar-refractivity contribution is 5.82.